The van der Waals surface area contributed by atoms with E-state index in [-0.39, 0.29) is 31.9 Å². The van der Waals surface area contributed by atoms with Crippen LogP contribution in [0, 0.1) is 10.1 Å². The molecule has 2 aromatic rings. The highest BCUT2D eigenvalue weighted by molar-refractivity contribution is 6.42. The van der Waals surface area contributed by atoms with Crippen molar-refractivity contribution >= 4 is 64.0 Å². The third kappa shape index (κ3) is 5.80. The number of hydrogen-bond acceptors (Lipinski definition) is 7. The summed E-state index contributed by atoms with van der Waals surface area (Å²) in [7, 11) is 1.08. The maximum atomic E-state index is 12.2. The Bertz CT molecular complexity index is 988. The number of carbonyl (C=O) groups is 3. The van der Waals surface area contributed by atoms with Crippen LogP contribution in [0.2, 0.25) is 15.1 Å². The molecule has 0 saturated heterocycles. The molecule has 0 heterocycles. The van der Waals surface area contributed by atoms with Crippen molar-refractivity contribution < 1.29 is 28.8 Å². The van der Waals surface area contributed by atoms with Crippen LogP contribution < -0.4 is 5.32 Å². The van der Waals surface area contributed by atoms with E-state index < -0.39 is 35.1 Å². The Balaban J connectivity index is 2.12. The molecule has 2 aromatic carbocycles. The Labute approximate surface area is 178 Å². The fourth-order valence-electron chi connectivity index (χ4n) is 2.12. The predicted octanol–water partition coefficient (Wildman–Crippen LogP) is 4.14. The second kappa shape index (κ2) is 9.55. The average Bonchev–Trinajstić information content (AvgIpc) is 2.67. The highest BCUT2D eigenvalue weighted by atomic mass is 35.5. The van der Waals surface area contributed by atoms with Gasteiger partial charge in [-0.15, -0.1) is 0 Å². The molecule has 0 unspecified atom stereocenters. The Morgan fingerprint density at radius 2 is 1.55 bits per heavy atom. The van der Waals surface area contributed by atoms with Gasteiger partial charge >= 0.3 is 11.9 Å². The third-order valence-corrected chi connectivity index (χ3v) is 4.21. The van der Waals surface area contributed by atoms with Crippen LogP contribution in [0.4, 0.5) is 11.4 Å². The Morgan fingerprint density at radius 3 is 2.07 bits per heavy atom. The van der Waals surface area contributed by atoms with Gasteiger partial charge in [0.1, 0.15) is 0 Å². The number of amides is 1. The highest BCUT2D eigenvalue weighted by Gasteiger charge is 2.20. The Morgan fingerprint density at radius 1 is 1.00 bits per heavy atom. The summed E-state index contributed by atoms with van der Waals surface area (Å²) in [6.45, 7) is -0.746. The van der Waals surface area contributed by atoms with Crippen LogP contribution in [0.15, 0.2) is 30.3 Å². The van der Waals surface area contributed by atoms with Gasteiger partial charge < -0.3 is 14.8 Å². The number of nitrogens with zero attached hydrogens (tertiary/aromatic N) is 1. The Kier molecular flexibility index (Phi) is 7.38. The molecule has 29 heavy (non-hydrogen) atoms. The van der Waals surface area contributed by atoms with Gasteiger partial charge in [-0.3, -0.25) is 14.9 Å². The van der Waals surface area contributed by atoms with Gasteiger partial charge in [-0.1, -0.05) is 34.8 Å². The minimum atomic E-state index is -1.07. The molecule has 0 radical (unpaired) electrons. The minimum Gasteiger partial charge on any atom is -0.465 e. The second-order valence-electron chi connectivity index (χ2n) is 5.39. The van der Waals surface area contributed by atoms with Crippen molar-refractivity contribution in [1.82, 2.24) is 0 Å². The van der Waals surface area contributed by atoms with Crippen molar-refractivity contribution in [2.75, 3.05) is 19.0 Å². The molecule has 152 valence electrons. The minimum absolute atomic E-state index is 0.0714. The quantitative estimate of drug-likeness (QED) is 0.389. The van der Waals surface area contributed by atoms with E-state index in [1.54, 1.807) is 0 Å². The molecular weight excluding hydrogens is 451 g/mol. The van der Waals surface area contributed by atoms with Crippen molar-refractivity contribution in [2.45, 2.75) is 0 Å². The Hall–Kier alpha value is -2.88. The number of non-ortho nitro benzene ring substituents is 1. The lowest BCUT2D eigenvalue weighted by molar-refractivity contribution is -0.384. The molecule has 0 atom stereocenters. The van der Waals surface area contributed by atoms with Crippen molar-refractivity contribution in [3.8, 4) is 0 Å². The molecule has 0 aromatic heterocycles. The number of nitro benzene ring substituents is 1. The van der Waals surface area contributed by atoms with Gasteiger partial charge in [0.25, 0.3) is 11.6 Å². The number of nitrogens with one attached hydrogen (secondary N) is 1. The van der Waals surface area contributed by atoms with Crippen LogP contribution in [0.3, 0.4) is 0 Å². The summed E-state index contributed by atoms with van der Waals surface area (Å²) in [6.07, 6.45) is 0. The molecule has 12 heteroatoms. The number of rotatable bonds is 6. The van der Waals surface area contributed by atoms with E-state index in [2.05, 4.69) is 10.1 Å². The predicted molar refractivity (Wildman–Crippen MR) is 105 cm³/mol. The van der Waals surface area contributed by atoms with Gasteiger partial charge in [-0.05, 0) is 18.2 Å². The molecule has 2 rings (SSSR count). The summed E-state index contributed by atoms with van der Waals surface area (Å²) < 4.78 is 9.32. The first kappa shape index (κ1) is 22.4. The van der Waals surface area contributed by atoms with E-state index in [9.17, 15) is 24.5 Å². The maximum Gasteiger partial charge on any atom is 0.338 e. The molecule has 0 bridgehead atoms. The van der Waals surface area contributed by atoms with Gasteiger partial charge in [-0.2, -0.15) is 0 Å². The number of methoxy groups -OCH3 is 1. The third-order valence-electron chi connectivity index (χ3n) is 3.39. The molecule has 0 spiro atoms. The summed E-state index contributed by atoms with van der Waals surface area (Å²) in [5, 5.41) is 13.8. The number of benzene rings is 2. The molecule has 0 saturated carbocycles. The summed E-state index contributed by atoms with van der Waals surface area (Å²) in [4.78, 5) is 46.0. The van der Waals surface area contributed by atoms with Crippen LogP contribution in [-0.4, -0.2) is 36.5 Å². The van der Waals surface area contributed by atoms with Crippen LogP contribution in [0.25, 0.3) is 0 Å². The first-order valence-electron chi connectivity index (χ1n) is 7.61. The standard InChI is InChI=1S/C17H11Cl3N2O7/c1-28-16(24)8-2-9(4-11(3-8)22(26)27)17(25)29-7-14(23)21-15-12(19)5-10(18)6-13(15)20/h2-6H,7H2,1H3,(H,21,23). The van der Waals surface area contributed by atoms with E-state index >= 15 is 0 Å². The van der Waals surface area contributed by atoms with Crippen LogP contribution >= 0.6 is 34.8 Å². The van der Waals surface area contributed by atoms with Crippen LogP contribution in [0.5, 0.6) is 0 Å². The van der Waals surface area contributed by atoms with E-state index in [1.165, 1.54) is 12.1 Å². The lowest BCUT2D eigenvalue weighted by Gasteiger charge is -2.10. The highest BCUT2D eigenvalue weighted by Crippen LogP contribution is 2.33. The number of anilines is 1. The molecule has 0 fully saturated rings. The molecule has 1 N–H and O–H groups in total. The zero-order valence-corrected chi connectivity index (χ0v) is 16.8. The second-order valence-corrected chi connectivity index (χ2v) is 6.64. The first-order valence-corrected chi connectivity index (χ1v) is 8.75. The number of nitro groups is 1. The number of halogens is 3. The van der Waals surface area contributed by atoms with Crippen molar-refractivity contribution in [3.05, 3.63) is 66.6 Å². The molecule has 9 nitrogen and oxygen atoms in total. The lowest BCUT2D eigenvalue weighted by atomic mass is 10.1. The van der Waals surface area contributed by atoms with Crippen molar-refractivity contribution in [1.29, 1.82) is 0 Å². The van der Waals surface area contributed by atoms with E-state index in [0.717, 1.165) is 25.3 Å². The van der Waals surface area contributed by atoms with Gasteiger partial charge in [0.15, 0.2) is 6.61 Å². The van der Waals surface area contributed by atoms with E-state index in [4.69, 9.17) is 39.5 Å². The summed E-state index contributed by atoms with van der Waals surface area (Å²) >= 11 is 17.7. The molecular formula is C17H11Cl3N2O7. The zero-order chi connectivity index (χ0) is 21.7. The fraction of sp³-hybridized carbons (Fsp3) is 0.118. The van der Waals surface area contributed by atoms with Crippen LogP contribution in [-0.2, 0) is 14.3 Å². The number of carbonyl (C=O) groups excluding carboxylic acids is 3. The molecule has 0 aliphatic carbocycles. The molecule has 0 aliphatic rings. The average molecular weight is 462 g/mol. The topological polar surface area (TPSA) is 125 Å². The van der Waals surface area contributed by atoms with Gasteiger partial charge in [-0.25, -0.2) is 9.59 Å². The lowest BCUT2D eigenvalue weighted by Crippen LogP contribution is -2.21. The largest absolute Gasteiger partial charge is 0.465 e. The van der Waals surface area contributed by atoms with Crippen LogP contribution in [0.1, 0.15) is 20.7 Å². The smallest absolute Gasteiger partial charge is 0.338 e. The number of esters is 2. The molecule has 0 aliphatic heterocycles. The number of hydrogen-bond donors (Lipinski definition) is 1. The summed E-state index contributed by atoms with van der Waals surface area (Å²) in [6, 6.07) is 5.60. The number of ether oxygens (including phenoxy) is 2. The first-order chi connectivity index (χ1) is 13.6. The van der Waals surface area contributed by atoms with Crippen molar-refractivity contribution in [2.24, 2.45) is 0 Å². The van der Waals surface area contributed by atoms with E-state index in [1.807, 2.05) is 0 Å². The maximum absolute atomic E-state index is 12.2. The SMILES string of the molecule is COC(=O)c1cc(C(=O)OCC(=O)Nc2c(Cl)cc(Cl)cc2Cl)cc([N+](=O)[O-])c1. The summed E-state index contributed by atoms with van der Waals surface area (Å²) in [5.41, 5.74) is -0.987. The zero-order valence-electron chi connectivity index (χ0n) is 14.5. The fourth-order valence-corrected chi connectivity index (χ4v) is 3.03. The van der Waals surface area contributed by atoms with E-state index in [0.29, 0.717) is 0 Å². The summed E-state index contributed by atoms with van der Waals surface area (Å²) in [5.74, 6) is -2.72. The van der Waals surface area contributed by atoms with Gasteiger partial charge in [0, 0.05) is 17.2 Å². The van der Waals surface area contributed by atoms with Crippen molar-refractivity contribution in [3.63, 3.8) is 0 Å². The van der Waals surface area contributed by atoms with Gasteiger partial charge in [0.05, 0.1) is 38.9 Å². The van der Waals surface area contributed by atoms with Gasteiger partial charge in [0.2, 0.25) is 0 Å². The molecule has 1 amide bonds. The normalized spacial score (nSPS) is 10.2. The monoisotopic (exact) mass is 460 g/mol.